The zero-order valence-corrected chi connectivity index (χ0v) is 16.8. The third-order valence-corrected chi connectivity index (χ3v) is 5.37. The van der Waals surface area contributed by atoms with Gasteiger partial charge in [-0.1, -0.05) is 0 Å². The highest BCUT2D eigenvalue weighted by molar-refractivity contribution is 5.94. The highest BCUT2D eigenvalue weighted by atomic mass is 19.1. The number of piperazine rings is 1. The zero-order valence-electron chi connectivity index (χ0n) is 16.8. The Morgan fingerprint density at radius 1 is 1.10 bits per heavy atom. The van der Waals surface area contributed by atoms with Gasteiger partial charge in [-0.3, -0.25) is 4.79 Å². The minimum absolute atomic E-state index is 0.0214. The van der Waals surface area contributed by atoms with E-state index in [2.05, 4.69) is 5.32 Å². The average molecular weight is 431 g/mol. The molecule has 2 aromatic carbocycles. The Bertz CT molecular complexity index is 1230. The third-order valence-electron chi connectivity index (χ3n) is 5.37. The third kappa shape index (κ3) is 3.65. The van der Waals surface area contributed by atoms with Crippen molar-refractivity contribution in [3.63, 3.8) is 0 Å². The summed E-state index contributed by atoms with van der Waals surface area (Å²) in [6.07, 6.45) is 0.980. The number of benzene rings is 2. The average Bonchev–Trinajstić information content (AvgIpc) is 2.68. The first-order chi connectivity index (χ1) is 14.7. The van der Waals surface area contributed by atoms with Gasteiger partial charge < -0.3 is 19.9 Å². The summed E-state index contributed by atoms with van der Waals surface area (Å²) < 4.78 is 45.5. The molecule has 6 nitrogen and oxygen atoms in total. The molecule has 1 aliphatic rings. The van der Waals surface area contributed by atoms with Gasteiger partial charge in [0.05, 0.1) is 10.9 Å². The van der Waals surface area contributed by atoms with Gasteiger partial charge in [0.25, 0.3) is 0 Å². The van der Waals surface area contributed by atoms with Gasteiger partial charge in [0.15, 0.2) is 5.82 Å². The maximum Gasteiger partial charge on any atom is 0.341 e. The first kappa shape index (κ1) is 20.9. The van der Waals surface area contributed by atoms with Crippen molar-refractivity contribution in [3.8, 4) is 5.69 Å². The number of carboxylic acid groups (broad SMARTS) is 1. The molecule has 1 saturated heterocycles. The van der Waals surface area contributed by atoms with E-state index < -0.39 is 39.8 Å². The summed E-state index contributed by atoms with van der Waals surface area (Å²) in [5, 5.41) is 12.3. The van der Waals surface area contributed by atoms with Gasteiger partial charge in [-0.15, -0.1) is 0 Å². The summed E-state index contributed by atoms with van der Waals surface area (Å²) in [5.41, 5.74) is -1.96. The van der Waals surface area contributed by atoms with Crippen LogP contribution in [0, 0.1) is 17.5 Å². The Hall–Kier alpha value is -3.33. The van der Waals surface area contributed by atoms with Gasteiger partial charge in [0, 0.05) is 37.1 Å². The van der Waals surface area contributed by atoms with Crippen LogP contribution in [0.1, 0.15) is 24.2 Å². The van der Waals surface area contributed by atoms with Gasteiger partial charge in [-0.05, 0) is 44.2 Å². The number of nitrogens with one attached hydrogen (secondary N) is 1. The Morgan fingerprint density at radius 3 is 2.29 bits per heavy atom. The van der Waals surface area contributed by atoms with E-state index in [1.165, 1.54) is 12.1 Å². The van der Waals surface area contributed by atoms with Crippen LogP contribution in [0.2, 0.25) is 0 Å². The molecule has 0 amide bonds. The Kier molecular flexibility index (Phi) is 5.22. The zero-order chi connectivity index (χ0) is 22.4. The second kappa shape index (κ2) is 7.73. The van der Waals surface area contributed by atoms with Gasteiger partial charge >= 0.3 is 5.97 Å². The Balaban J connectivity index is 2.05. The fourth-order valence-corrected chi connectivity index (χ4v) is 4.16. The molecule has 2 unspecified atom stereocenters. The van der Waals surface area contributed by atoms with E-state index in [4.69, 9.17) is 0 Å². The molecule has 1 aromatic heterocycles. The second-order valence-corrected chi connectivity index (χ2v) is 7.81. The standard InChI is InChI=1S/C22H20F3N3O3/c1-11-8-27(9-12(2)26-11)20-17(24)7-15-19(18(20)25)28(10-16(21(15)29)22(30)31)14-5-3-13(23)4-6-14/h3-7,10-12,26H,8-9H2,1-2H3,(H,30,31). The summed E-state index contributed by atoms with van der Waals surface area (Å²) in [6.45, 7) is 4.48. The van der Waals surface area contributed by atoms with Gasteiger partial charge in [0.2, 0.25) is 5.43 Å². The quantitative estimate of drug-likeness (QED) is 0.666. The minimum atomic E-state index is -1.53. The van der Waals surface area contributed by atoms with Crippen molar-refractivity contribution in [1.29, 1.82) is 0 Å². The summed E-state index contributed by atoms with van der Waals surface area (Å²) >= 11 is 0. The highest BCUT2D eigenvalue weighted by Crippen LogP contribution is 2.32. The number of rotatable bonds is 3. The number of carbonyl (C=O) groups is 1. The van der Waals surface area contributed by atoms with Crippen LogP contribution >= 0.6 is 0 Å². The van der Waals surface area contributed by atoms with Crippen molar-refractivity contribution in [3.05, 3.63) is 69.8 Å². The lowest BCUT2D eigenvalue weighted by atomic mass is 10.1. The lowest BCUT2D eigenvalue weighted by Crippen LogP contribution is -2.54. The molecule has 3 aromatic rings. The molecule has 9 heteroatoms. The predicted octanol–water partition coefficient (Wildman–Crippen LogP) is 3.29. The van der Waals surface area contributed by atoms with E-state index >= 15 is 8.78 Å². The first-order valence-electron chi connectivity index (χ1n) is 9.75. The number of anilines is 1. The molecular formula is C22H20F3N3O3. The van der Waals surface area contributed by atoms with Crippen LogP contribution in [-0.2, 0) is 0 Å². The molecule has 4 rings (SSSR count). The molecule has 31 heavy (non-hydrogen) atoms. The molecule has 1 aliphatic heterocycles. The molecule has 2 heterocycles. The minimum Gasteiger partial charge on any atom is -0.477 e. The molecule has 0 aliphatic carbocycles. The van der Waals surface area contributed by atoms with Crippen LogP contribution in [0.25, 0.3) is 16.6 Å². The first-order valence-corrected chi connectivity index (χ1v) is 9.75. The maximum atomic E-state index is 15.8. The number of aromatic carboxylic acids is 1. The topological polar surface area (TPSA) is 74.6 Å². The maximum absolute atomic E-state index is 15.8. The Labute approximate surface area is 175 Å². The number of carboxylic acids is 1. The van der Waals surface area contributed by atoms with Crippen LogP contribution in [0.3, 0.4) is 0 Å². The number of pyridine rings is 1. The van der Waals surface area contributed by atoms with Crippen molar-refractivity contribution in [2.45, 2.75) is 25.9 Å². The van der Waals surface area contributed by atoms with Gasteiger partial charge in [0.1, 0.15) is 22.9 Å². The molecule has 2 atom stereocenters. The molecular weight excluding hydrogens is 411 g/mol. The van der Waals surface area contributed by atoms with E-state index in [1.807, 2.05) is 13.8 Å². The largest absolute Gasteiger partial charge is 0.477 e. The van der Waals surface area contributed by atoms with Crippen LogP contribution in [0.4, 0.5) is 18.9 Å². The number of hydrogen-bond acceptors (Lipinski definition) is 4. The van der Waals surface area contributed by atoms with Gasteiger partial charge in [-0.2, -0.15) is 0 Å². The van der Waals surface area contributed by atoms with E-state index in [-0.39, 0.29) is 29.0 Å². The van der Waals surface area contributed by atoms with E-state index in [0.717, 1.165) is 29.0 Å². The van der Waals surface area contributed by atoms with E-state index in [1.54, 1.807) is 4.90 Å². The number of nitrogens with zero attached hydrogens (tertiary/aromatic N) is 2. The molecule has 2 N–H and O–H groups in total. The van der Waals surface area contributed by atoms with E-state index in [9.17, 15) is 19.1 Å². The number of fused-ring (bicyclic) bond motifs is 1. The monoisotopic (exact) mass is 431 g/mol. The Morgan fingerprint density at radius 2 is 1.71 bits per heavy atom. The van der Waals surface area contributed by atoms with Crippen LogP contribution < -0.4 is 15.6 Å². The second-order valence-electron chi connectivity index (χ2n) is 7.81. The molecule has 0 saturated carbocycles. The van der Waals surface area contributed by atoms with Crippen molar-refractivity contribution >= 4 is 22.6 Å². The smallest absolute Gasteiger partial charge is 0.341 e. The molecule has 0 spiro atoms. The van der Waals surface area contributed by atoms with Gasteiger partial charge in [-0.25, -0.2) is 18.0 Å². The SMILES string of the molecule is CC1CN(c2c(F)cc3c(=O)c(C(=O)O)cn(-c4ccc(F)cc4)c3c2F)CC(C)N1. The normalized spacial score (nSPS) is 19.1. The number of hydrogen-bond donors (Lipinski definition) is 2. The van der Waals surface area contributed by atoms with Crippen molar-refractivity contribution < 1.29 is 23.1 Å². The van der Waals surface area contributed by atoms with Crippen LogP contribution in [0.5, 0.6) is 0 Å². The lowest BCUT2D eigenvalue weighted by Gasteiger charge is -2.38. The fraction of sp³-hybridized carbons (Fsp3) is 0.273. The molecule has 0 bridgehead atoms. The van der Waals surface area contributed by atoms with Crippen molar-refractivity contribution in [1.82, 2.24) is 9.88 Å². The van der Waals surface area contributed by atoms with Crippen molar-refractivity contribution in [2.24, 2.45) is 0 Å². The van der Waals surface area contributed by atoms with Crippen molar-refractivity contribution in [2.75, 3.05) is 18.0 Å². The summed E-state index contributed by atoms with van der Waals surface area (Å²) in [7, 11) is 0. The highest BCUT2D eigenvalue weighted by Gasteiger charge is 2.29. The number of halogens is 3. The fourth-order valence-electron chi connectivity index (χ4n) is 4.16. The molecule has 1 fully saturated rings. The summed E-state index contributed by atoms with van der Waals surface area (Å²) in [4.78, 5) is 25.8. The molecule has 0 radical (unpaired) electrons. The van der Waals surface area contributed by atoms with Crippen LogP contribution in [0.15, 0.2) is 41.3 Å². The summed E-state index contributed by atoms with van der Waals surface area (Å²) in [5.74, 6) is -3.99. The summed E-state index contributed by atoms with van der Waals surface area (Å²) in [6, 6.07) is 5.73. The molecule has 162 valence electrons. The lowest BCUT2D eigenvalue weighted by molar-refractivity contribution is 0.0695. The number of aromatic nitrogens is 1. The predicted molar refractivity (Wildman–Crippen MR) is 111 cm³/mol. The van der Waals surface area contributed by atoms with Crippen LogP contribution in [-0.4, -0.2) is 40.8 Å². The van der Waals surface area contributed by atoms with E-state index in [0.29, 0.717) is 13.1 Å².